The van der Waals surface area contributed by atoms with Crippen LogP contribution in [0.3, 0.4) is 0 Å². The molecule has 2 aromatic rings. The number of nitrogens with one attached hydrogen (secondary N) is 1. The molecule has 1 aromatic heterocycles. The zero-order valence-electron chi connectivity index (χ0n) is 16.7. The standard InChI is InChI=1S/C21H27NO4S/c1-13(2)12-26-16-9-14(7-8-15(16)25-6)10-17-20(24)22-19(27-17)11-18(23)21(3,4)5/h7-11,13H,12H2,1-6H3,(H,22,24). The van der Waals surface area contributed by atoms with Gasteiger partial charge in [-0.15, -0.1) is 11.3 Å². The summed E-state index contributed by atoms with van der Waals surface area (Å²) < 4.78 is 12.2. The lowest BCUT2D eigenvalue weighted by Crippen LogP contribution is -2.22. The van der Waals surface area contributed by atoms with E-state index in [2.05, 4.69) is 18.8 Å². The molecule has 0 amide bonds. The number of hydrogen-bond acceptors (Lipinski definition) is 5. The molecule has 0 aliphatic carbocycles. The summed E-state index contributed by atoms with van der Waals surface area (Å²) in [5.41, 5.74) is 0.132. The van der Waals surface area contributed by atoms with Gasteiger partial charge in [0.2, 0.25) is 0 Å². The number of ketones is 1. The number of aromatic nitrogens is 1. The van der Waals surface area contributed by atoms with Crippen molar-refractivity contribution in [2.24, 2.45) is 11.3 Å². The summed E-state index contributed by atoms with van der Waals surface area (Å²) >= 11 is 1.26. The molecule has 1 aromatic carbocycles. The second-order valence-corrected chi connectivity index (χ2v) is 8.89. The van der Waals surface area contributed by atoms with Crippen LogP contribution in [0, 0.1) is 11.3 Å². The number of carbonyl (C=O) groups is 1. The van der Waals surface area contributed by atoms with Gasteiger partial charge in [0.05, 0.1) is 22.9 Å². The molecule has 27 heavy (non-hydrogen) atoms. The highest BCUT2D eigenvalue weighted by Crippen LogP contribution is 2.28. The molecule has 0 unspecified atom stereocenters. The Kier molecular flexibility index (Phi) is 6.65. The molecule has 146 valence electrons. The van der Waals surface area contributed by atoms with Gasteiger partial charge < -0.3 is 14.5 Å². The van der Waals surface area contributed by atoms with Crippen molar-refractivity contribution in [2.45, 2.75) is 34.6 Å². The van der Waals surface area contributed by atoms with E-state index in [0.717, 1.165) is 5.56 Å². The molecular formula is C21H27NO4S. The summed E-state index contributed by atoms with van der Waals surface area (Å²) in [4.78, 5) is 27.1. The van der Waals surface area contributed by atoms with E-state index < -0.39 is 5.41 Å². The lowest BCUT2D eigenvalue weighted by Gasteiger charge is -2.12. The highest BCUT2D eigenvalue weighted by molar-refractivity contribution is 7.07. The Hall–Kier alpha value is -2.34. The molecule has 2 rings (SSSR count). The summed E-state index contributed by atoms with van der Waals surface area (Å²) in [5, 5.41) is 0. The largest absolute Gasteiger partial charge is 0.493 e. The SMILES string of the molecule is COc1ccc(C=c2sc(=CC(=O)C(C)(C)C)[nH]c2=O)cc1OCC(C)C. The Morgan fingerprint density at radius 1 is 1.26 bits per heavy atom. The van der Waals surface area contributed by atoms with E-state index in [1.54, 1.807) is 13.2 Å². The number of carbonyl (C=O) groups excluding carboxylic acids is 1. The minimum atomic E-state index is -0.483. The average Bonchev–Trinajstić information content (AvgIpc) is 2.91. The van der Waals surface area contributed by atoms with Crippen LogP contribution >= 0.6 is 11.3 Å². The van der Waals surface area contributed by atoms with E-state index in [1.807, 2.05) is 39.0 Å². The highest BCUT2D eigenvalue weighted by Gasteiger charge is 2.18. The molecular weight excluding hydrogens is 362 g/mol. The van der Waals surface area contributed by atoms with Gasteiger partial charge >= 0.3 is 0 Å². The summed E-state index contributed by atoms with van der Waals surface area (Å²) in [5.74, 6) is 1.65. The smallest absolute Gasteiger partial charge is 0.266 e. The van der Waals surface area contributed by atoms with Gasteiger partial charge in [-0.1, -0.05) is 40.7 Å². The lowest BCUT2D eigenvalue weighted by molar-refractivity contribution is -0.119. The number of rotatable bonds is 6. The van der Waals surface area contributed by atoms with Crippen LogP contribution in [0.5, 0.6) is 11.5 Å². The molecule has 0 aliphatic heterocycles. The number of benzene rings is 1. The van der Waals surface area contributed by atoms with Crippen molar-refractivity contribution in [3.8, 4) is 11.5 Å². The average molecular weight is 390 g/mol. The van der Waals surface area contributed by atoms with Gasteiger partial charge in [0.15, 0.2) is 17.3 Å². The van der Waals surface area contributed by atoms with Gasteiger partial charge in [-0.2, -0.15) is 0 Å². The molecule has 0 saturated carbocycles. The fraction of sp³-hybridized carbons (Fsp3) is 0.429. The van der Waals surface area contributed by atoms with Gasteiger partial charge in [0.25, 0.3) is 5.56 Å². The number of H-pyrrole nitrogens is 1. The maximum Gasteiger partial charge on any atom is 0.266 e. The van der Waals surface area contributed by atoms with Gasteiger partial charge in [0.1, 0.15) is 0 Å². The molecule has 0 spiro atoms. The van der Waals surface area contributed by atoms with E-state index in [0.29, 0.717) is 33.2 Å². The minimum Gasteiger partial charge on any atom is -0.493 e. The Labute approximate surface area is 163 Å². The predicted octanol–water partition coefficient (Wildman–Crippen LogP) is 2.70. The molecule has 0 atom stereocenters. The first-order valence-electron chi connectivity index (χ1n) is 8.88. The molecule has 5 nitrogen and oxygen atoms in total. The van der Waals surface area contributed by atoms with Crippen molar-refractivity contribution in [3.05, 3.63) is 43.3 Å². The monoisotopic (exact) mass is 389 g/mol. The Morgan fingerprint density at radius 2 is 1.96 bits per heavy atom. The Morgan fingerprint density at radius 3 is 2.56 bits per heavy atom. The van der Waals surface area contributed by atoms with Crippen LogP contribution in [-0.4, -0.2) is 24.5 Å². The maximum atomic E-state index is 12.2. The Bertz CT molecular complexity index is 977. The van der Waals surface area contributed by atoms with E-state index in [-0.39, 0.29) is 11.3 Å². The van der Waals surface area contributed by atoms with E-state index in [1.165, 1.54) is 17.4 Å². The number of thiazole rings is 1. The topological polar surface area (TPSA) is 68.4 Å². The van der Waals surface area contributed by atoms with Gasteiger partial charge in [0, 0.05) is 11.5 Å². The van der Waals surface area contributed by atoms with Gasteiger partial charge in [-0.3, -0.25) is 9.59 Å². The summed E-state index contributed by atoms with van der Waals surface area (Å²) in [6, 6.07) is 5.54. The first kappa shape index (κ1) is 21.0. The molecule has 0 aliphatic rings. The van der Waals surface area contributed by atoms with Crippen LogP contribution in [0.2, 0.25) is 0 Å². The van der Waals surface area contributed by atoms with Crippen molar-refractivity contribution < 1.29 is 14.3 Å². The number of methoxy groups -OCH3 is 1. The second kappa shape index (κ2) is 8.57. The fourth-order valence-corrected chi connectivity index (χ4v) is 3.05. The van der Waals surface area contributed by atoms with E-state index in [9.17, 15) is 9.59 Å². The maximum absolute atomic E-state index is 12.2. The lowest BCUT2D eigenvalue weighted by atomic mass is 9.91. The molecule has 0 radical (unpaired) electrons. The molecule has 0 fully saturated rings. The zero-order valence-corrected chi connectivity index (χ0v) is 17.5. The van der Waals surface area contributed by atoms with Crippen LogP contribution < -0.4 is 24.2 Å². The predicted molar refractivity (Wildman–Crippen MR) is 110 cm³/mol. The second-order valence-electron chi connectivity index (χ2n) is 7.80. The molecule has 0 saturated heterocycles. The number of aromatic amines is 1. The van der Waals surface area contributed by atoms with Gasteiger partial charge in [-0.25, -0.2) is 0 Å². The van der Waals surface area contributed by atoms with E-state index in [4.69, 9.17) is 9.47 Å². The Balaban J connectivity index is 2.42. The number of ether oxygens (including phenoxy) is 2. The number of hydrogen-bond donors (Lipinski definition) is 1. The molecule has 6 heteroatoms. The first-order chi connectivity index (χ1) is 12.6. The summed E-state index contributed by atoms with van der Waals surface area (Å²) in [7, 11) is 1.60. The van der Waals surface area contributed by atoms with Crippen LogP contribution in [0.25, 0.3) is 12.2 Å². The summed E-state index contributed by atoms with van der Waals surface area (Å²) in [6.07, 6.45) is 3.28. The third-order valence-electron chi connectivity index (χ3n) is 3.74. The summed E-state index contributed by atoms with van der Waals surface area (Å²) in [6.45, 7) is 10.3. The fourth-order valence-electron chi connectivity index (χ4n) is 2.16. The quantitative estimate of drug-likeness (QED) is 0.825. The molecule has 1 N–H and O–H groups in total. The zero-order chi connectivity index (χ0) is 20.2. The van der Waals surface area contributed by atoms with Crippen molar-refractivity contribution in [1.29, 1.82) is 0 Å². The molecule has 0 bridgehead atoms. The third kappa shape index (κ3) is 5.82. The molecule has 1 heterocycles. The van der Waals surface area contributed by atoms with Crippen molar-refractivity contribution in [3.63, 3.8) is 0 Å². The third-order valence-corrected chi connectivity index (χ3v) is 4.70. The highest BCUT2D eigenvalue weighted by atomic mass is 32.1. The van der Waals surface area contributed by atoms with Crippen molar-refractivity contribution >= 4 is 29.3 Å². The normalized spacial score (nSPS) is 13.3. The van der Waals surface area contributed by atoms with Crippen LogP contribution in [-0.2, 0) is 4.79 Å². The van der Waals surface area contributed by atoms with E-state index >= 15 is 0 Å². The number of Topliss-reactive ketones (excluding diaryl/α,β-unsaturated/α-hetero) is 1. The van der Waals surface area contributed by atoms with Crippen molar-refractivity contribution in [2.75, 3.05) is 13.7 Å². The first-order valence-corrected chi connectivity index (χ1v) is 9.69. The van der Waals surface area contributed by atoms with Gasteiger partial charge in [-0.05, 0) is 29.7 Å². The van der Waals surface area contributed by atoms with Crippen LogP contribution in [0.15, 0.2) is 23.0 Å². The van der Waals surface area contributed by atoms with Crippen molar-refractivity contribution in [1.82, 2.24) is 4.98 Å². The van der Waals surface area contributed by atoms with Crippen LogP contribution in [0.1, 0.15) is 40.2 Å². The van der Waals surface area contributed by atoms with Crippen LogP contribution in [0.4, 0.5) is 0 Å². The minimum absolute atomic E-state index is 0.0274.